The van der Waals surface area contributed by atoms with Crippen molar-refractivity contribution in [2.75, 3.05) is 13.7 Å². The van der Waals surface area contributed by atoms with E-state index in [1.54, 1.807) is 7.11 Å². The Morgan fingerprint density at radius 1 is 1.38 bits per heavy atom. The molecule has 3 heteroatoms. The van der Waals surface area contributed by atoms with Gasteiger partial charge in [-0.3, -0.25) is 4.79 Å². The van der Waals surface area contributed by atoms with Gasteiger partial charge in [-0.05, 0) is 12.3 Å². The predicted octanol–water partition coefficient (Wildman–Crippen LogP) is 2.16. The van der Waals surface area contributed by atoms with E-state index < -0.39 is 5.97 Å². The summed E-state index contributed by atoms with van der Waals surface area (Å²) in [6.45, 7) is 4.61. The molecule has 0 aromatic carbocycles. The monoisotopic (exact) mass is 188 g/mol. The molecule has 0 fully saturated rings. The summed E-state index contributed by atoms with van der Waals surface area (Å²) in [6, 6.07) is 0. The van der Waals surface area contributed by atoms with Gasteiger partial charge in [0.1, 0.15) is 0 Å². The zero-order valence-electron chi connectivity index (χ0n) is 8.75. The summed E-state index contributed by atoms with van der Waals surface area (Å²) in [5, 5.41) is 8.98. The fourth-order valence-corrected chi connectivity index (χ4v) is 1.66. The first-order valence-corrected chi connectivity index (χ1v) is 4.89. The van der Waals surface area contributed by atoms with Crippen LogP contribution in [-0.4, -0.2) is 24.8 Å². The lowest BCUT2D eigenvalue weighted by Crippen LogP contribution is -2.24. The molecule has 0 aliphatic carbocycles. The van der Waals surface area contributed by atoms with Gasteiger partial charge in [0, 0.05) is 13.7 Å². The fourth-order valence-electron chi connectivity index (χ4n) is 1.66. The van der Waals surface area contributed by atoms with Gasteiger partial charge in [-0.2, -0.15) is 0 Å². The lowest BCUT2D eigenvalue weighted by Gasteiger charge is -2.20. The standard InChI is InChI=1S/C10H20O3/c1-4-8(5-2)9(10(11)12)6-7-13-3/h8-9H,4-7H2,1-3H3,(H,11,12). The fraction of sp³-hybridized carbons (Fsp3) is 0.900. The quantitative estimate of drug-likeness (QED) is 0.666. The Labute approximate surface area is 80.1 Å². The highest BCUT2D eigenvalue weighted by Gasteiger charge is 2.24. The van der Waals surface area contributed by atoms with E-state index in [0.29, 0.717) is 13.0 Å². The maximum atomic E-state index is 10.9. The second kappa shape index (κ2) is 6.89. The van der Waals surface area contributed by atoms with Crippen LogP contribution in [0.5, 0.6) is 0 Å². The number of carboxylic acids is 1. The van der Waals surface area contributed by atoms with E-state index in [2.05, 4.69) is 0 Å². The molecule has 0 aliphatic rings. The van der Waals surface area contributed by atoms with Crippen molar-refractivity contribution < 1.29 is 14.6 Å². The molecule has 0 aliphatic heterocycles. The average Bonchev–Trinajstić information content (AvgIpc) is 2.11. The van der Waals surface area contributed by atoms with E-state index in [-0.39, 0.29) is 11.8 Å². The number of ether oxygens (including phenoxy) is 1. The van der Waals surface area contributed by atoms with Gasteiger partial charge in [0.2, 0.25) is 0 Å². The molecule has 0 amide bonds. The zero-order chi connectivity index (χ0) is 10.3. The number of methoxy groups -OCH3 is 1. The molecule has 0 saturated heterocycles. The van der Waals surface area contributed by atoms with Crippen molar-refractivity contribution in [3.63, 3.8) is 0 Å². The average molecular weight is 188 g/mol. The van der Waals surface area contributed by atoms with Crippen molar-refractivity contribution in [1.82, 2.24) is 0 Å². The van der Waals surface area contributed by atoms with E-state index in [1.165, 1.54) is 0 Å². The Bertz CT molecular complexity index is 141. The minimum atomic E-state index is -0.689. The van der Waals surface area contributed by atoms with Gasteiger partial charge < -0.3 is 9.84 Å². The zero-order valence-corrected chi connectivity index (χ0v) is 8.75. The molecule has 13 heavy (non-hydrogen) atoms. The van der Waals surface area contributed by atoms with Crippen molar-refractivity contribution in [3.05, 3.63) is 0 Å². The van der Waals surface area contributed by atoms with Crippen LogP contribution in [0.4, 0.5) is 0 Å². The normalized spacial score (nSPS) is 13.2. The molecule has 1 N–H and O–H groups in total. The van der Waals surface area contributed by atoms with Crippen LogP contribution in [0.1, 0.15) is 33.1 Å². The van der Waals surface area contributed by atoms with Gasteiger partial charge in [-0.15, -0.1) is 0 Å². The van der Waals surface area contributed by atoms with Gasteiger partial charge in [-0.25, -0.2) is 0 Å². The third-order valence-corrected chi connectivity index (χ3v) is 2.57. The van der Waals surface area contributed by atoms with Crippen molar-refractivity contribution >= 4 is 5.97 Å². The number of aliphatic carboxylic acids is 1. The van der Waals surface area contributed by atoms with Crippen LogP contribution in [0.2, 0.25) is 0 Å². The van der Waals surface area contributed by atoms with Gasteiger partial charge in [0.15, 0.2) is 0 Å². The van der Waals surface area contributed by atoms with Gasteiger partial charge in [0.05, 0.1) is 5.92 Å². The first kappa shape index (κ1) is 12.4. The molecular weight excluding hydrogens is 168 g/mol. The second-order valence-corrected chi connectivity index (χ2v) is 3.30. The number of carbonyl (C=O) groups is 1. The summed E-state index contributed by atoms with van der Waals surface area (Å²) in [5.41, 5.74) is 0. The topological polar surface area (TPSA) is 46.5 Å². The van der Waals surface area contributed by atoms with Gasteiger partial charge in [0.25, 0.3) is 0 Å². The molecular formula is C10H20O3. The molecule has 0 aromatic rings. The Morgan fingerprint density at radius 3 is 2.23 bits per heavy atom. The smallest absolute Gasteiger partial charge is 0.306 e. The molecule has 1 unspecified atom stereocenters. The lowest BCUT2D eigenvalue weighted by molar-refractivity contribution is -0.144. The highest BCUT2D eigenvalue weighted by Crippen LogP contribution is 2.22. The molecule has 0 bridgehead atoms. The number of rotatable bonds is 7. The highest BCUT2D eigenvalue weighted by molar-refractivity contribution is 5.70. The first-order valence-electron chi connectivity index (χ1n) is 4.89. The van der Waals surface area contributed by atoms with Crippen LogP contribution in [0.15, 0.2) is 0 Å². The first-order chi connectivity index (χ1) is 6.17. The number of carboxylic acid groups (broad SMARTS) is 1. The summed E-state index contributed by atoms with van der Waals surface area (Å²) in [7, 11) is 1.60. The van der Waals surface area contributed by atoms with E-state index in [0.717, 1.165) is 12.8 Å². The van der Waals surface area contributed by atoms with Crippen LogP contribution in [0.3, 0.4) is 0 Å². The van der Waals surface area contributed by atoms with E-state index in [9.17, 15) is 4.79 Å². The Balaban J connectivity index is 4.12. The summed E-state index contributed by atoms with van der Waals surface area (Å²) >= 11 is 0. The largest absolute Gasteiger partial charge is 0.481 e. The second-order valence-electron chi connectivity index (χ2n) is 3.30. The molecule has 0 spiro atoms. The highest BCUT2D eigenvalue weighted by atomic mass is 16.5. The molecule has 0 aromatic heterocycles. The molecule has 0 rings (SSSR count). The molecule has 0 saturated carbocycles. The molecule has 1 atom stereocenters. The Hall–Kier alpha value is -0.570. The van der Waals surface area contributed by atoms with Crippen LogP contribution in [0.25, 0.3) is 0 Å². The molecule has 3 nitrogen and oxygen atoms in total. The lowest BCUT2D eigenvalue weighted by atomic mass is 9.86. The summed E-state index contributed by atoms with van der Waals surface area (Å²) in [5.74, 6) is -0.645. The summed E-state index contributed by atoms with van der Waals surface area (Å²) in [6.07, 6.45) is 2.48. The maximum Gasteiger partial charge on any atom is 0.306 e. The van der Waals surface area contributed by atoms with Crippen LogP contribution in [-0.2, 0) is 9.53 Å². The SMILES string of the molecule is CCC(CC)C(CCOC)C(=O)O. The van der Waals surface area contributed by atoms with Crippen molar-refractivity contribution in [2.45, 2.75) is 33.1 Å². The van der Waals surface area contributed by atoms with Crippen molar-refractivity contribution in [2.24, 2.45) is 11.8 Å². The van der Waals surface area contributed by atoms with Crippen molar-refractivity contribution in [3.8, 4) is 0 Å². The van der Waals surface area contributed by atoms with Crippen LogP contribution < -0.4 is 0 Å². The molecule has 0 radical (unpaired) electrons. The van der Waals surface area contributed by atoms with Crippen LogP contribution in [0, 0.1) is 11.8 Å². The third kappa shape index (κ3) is 4.27. The van der Waals surface area contributed by atoms with E-state index >= 15 is 0 Å². The van der Waals surface area contributed by atoms with Gasteiger partial charge >= 0.3 is 5.97 Å². The summed E-state index contributed by atoms with van der Waals surface area (Å²) in [4.78, 5) is 10.9. The third-order valence-electron chi connectivity index (χ3n) is 2.57. The minimum Gasteiger partial charge on any atom is -0.481 e. The number of hydrogen-bond donors (Lipinski definition) is 1. The van der Waals surface area contributed by atoms with Crippen LogP contribution >= 0.6 is 0 Å². The Kier molecular flexibility index (Phi) is 6.59. The number of hydrogen-bond acceptors (Lipinski definition) is 2. The van der Waals surface area contributed by atoms with E-state index in [4.69, 9.17) is 9.84 Å². The summed E-state index contributed by atoms with van der Waals surface area (Å²) < 4.78 is 4.90. The van der Waals surface area contributed by atoms with Crippen molar-refractivity contribution in [1.29, 1.82) is 0 Å². The van der Waals surface area contributed by atoms with Gasteiger partial charge in [-0.1, -0.05) is 26.7 Å². The Morgan fingerprint density at radius 2 is 1.92 bits per heavy atom. The minimum absolute atomic E-state index is 0.241. The predicted molar refractivity (Wildman–Crippen MR) is 51.7 cm³/mol. The van der Waals surface area contributed by atoms with E-state index in [1.807, 2.05) is 13.8 Å². The molecule has 78 valence electrons. The molecule has 0 heterocycles. The maximum absolute atomic E-state index is 10.9.